The van der Waals surface area contributed by atoms with Gasteiger partial charge in [0.05, 0.1) is 5.56 Å². The van der Waals surface area contributed by atoms with Gasteiger partial charge in [0.2, 0.25) is 0 Å². The van der Waals surface area contributed by atoms with Crippen molar-refractivity contribution in [1.29, 1.82) is 0 Å². The Balaban J connectivity index is 2.67. The maximum atomic E-state index is 11.5. The molecule has 4 heteroatoms. The summed E-state index contributed by atoms with van der Waals surface area (Å²) in [6.45, 7) is 0.404. The van der Waals surface area contributed by atoms with Crippen LogP contribution in [0.1, 0.15) is 15.9 Å². The molecule has 15 heavy (non-hydrogen) atoms. The third-order valence-electron chi connectivity index (χ3n) is 1.86. The number of rotatable bonds is 5. The molecule has 0 saturated heterocycles. The van der Waals surface area contributed by atoms with E-state index in [0.29, 0.717) is 17.5 Å². The number of alkyl halides is 2. The highest BCUT2D eigenvalue weighted by molar-refractivity contribution is 9.09. The first-order valence-electron chi connectivity index (χ1n) is 4.66. The molecule has 0 aliphatic heterocycles. The van der Waals surface area contributed by atoms with Crippen molar-refractivity contribution in [3.63, 3.8) is 0 Å². The quantitative estimate of drug-likeness (QED) is 0.610. The minimum absolute atomic E-state index is 0.258. The molecule has 82 valence electrons. The van der Waals surface area contributed by atoms with Crippen LogP contribution in [-0.2, 0) is 11.2 Å². The minimum atomic E-state index is -0.258. The summed E-state index contributed by atoms with van der Waals surface area (Å²) >= 11 is 6.57. The minimum Gasteiger partial charge on any atom is -0.461 e. The summed E-state index contributed by atoms with van der Waals surface area (Å²) in [7, 11) is 0. The number of ether oxygens (including phenoxy) is 1. The van der Waals surface area contributed by atoms with Crippen molar-refractivity contribution >= 4 is 37.8 Å². The van der Waals surface area contributed by atoms with Gasteiger partial charge in [0.25, 0.3) is 0 Å². The molecular weight excluding hydrogens is 324 g/mol. The molecule has 1 rings (SSSR count). The number of esters is 1. The van der Waals surface area contributed by atoms with Gasteiger partial charge < -0.3 is 4.74 Å². The van der Waals surface area contributed by atoms with E-state index in [4.69, 9.17) is 4.74 Å². The molecule has 2 nitrogen and oxygen atoms in total. The first-order chi connectivity index (χ1) is 7.27. The van der Waals surface area contributed by atoms with Crippen molar-refractivity contribution in [3.8, 4) is 0 Å². The second kappa shape index (κ2) is 7.01. The molecule has 0 amide bonds. The Bertz CT molecular complexity index is 326. The maximum absolute atomic E-state index is 11.5. The number of aryl methyl sites for hydroxylation is 1. The third kappa shape index (κ3) is 4.34. The van der Waals surface area contributed by atoms with E-state index in [9.17, 15) is 4.79 Å². The number of hydrogen-bond acceptors (Lipinski definition) is 2. The van der Waals surface area contributed by atoms with Crippen LogP contribution in [-0.4, -0.2) is 23.2 Å². The summed E-state index contributed by atoms with van der Waals surface area (Å²) in [4.78, 5) is 11.5. The predicted molar refractivity (Wildman–Crippen MR) is 68.0 cm³/mol. The Morgan fingerprint density at radius 3 is 2.73 bits per heavy atom. The van der Waals surface area contributed by atoms with Gasteiger partial charge >= 0.3 is 5.97 Å². The molecule has 0 radical (unpaired) electrons. The molecule has 0 saturated carbocycles. The standard InChI is InChI=1S/C11H12Br2O2/c12-5-4-9-2-1-3-10(8-9)11(14)15-7-6-13/h1-3,8H,4-7H2. The fourth-order valence-electron chi connectivity index (χ4n) is 1.18. The van der Waals surface area contributed by atoms with Crippen LogP contribution in [0.5, 0.6) is 0 Å². The van der Waals surface area contributed by atoms with Crippen LogP contribution in [0, 0.1) is 0 Å². The second-order valence-electron chi connectivity index (χ2n) is 2.96. The van der Waals surface area contributed by atoms with E-state index in [1.807, 2.05) is 18.2 Å². The van der Waals surface area contributed by atoms with Gasteiger partial charge in [-0.25, -0.2) is 4.79 Å². The number of benzene rings is 1. The fourth-order valence-corrected chi connectivity index (χ4v) is 1.80. The topological polar surface area (TPSA) is 26.3 Å². The molecule has 0 unspecified atom stereocenters. The summed E-state index contributed by atoms with van der Waals surface area (Å²) in [6.07, 6.45) is 0.916. The van der Waals surface area contributed by atoms with E-state index in [-0.39, 0.29) is 5.97 Å². The lowest BCUT2D eigenvalue weighted by Gasteiger charge is -2.04. The average molecular weight is 336 g/mol. The Morgan fingerprint density at radius 2 is 2.07 bits per heavy atom. The van der Waals surface area contributed by atoms with Gasteiger partial charge in [0, 0.05) is 10.7 Å². The van der Waals surface area contributed by atoms with Gasteiger partial charge in [-0.2, -0.15) is 0 Å². The van der Waals surface area contributed by atoms with E-state index in [1.165, 1.54) is 0 Å². The van der Waals surface area contributed by atoms with E-state index in [2.05, 4.69) is 31.9 Å². The van der Waals surface area contributed by atoms with Gasteiger partial charge in [-0.1, -0.05) is 44.0 Å². The molecule has 0 heterocycles. The van der Waals surface area contributed by atoms with E-state index in [0.717, 1.165) is 17.3 Å². The molecule has 1 aromatic rings. The lowest BCUT2D eigenvalue weighted by Crippen LogP contribution is -2.07. The lowest BCUT2D eigenvalue weighted by molar-refractivity contribution is 0.0531. The Hall–Kier alpha value is -0.350. The molecule has 0 bridgehead atoms. The second-order valence-corrected chi connectivity index (χ2v) is 4.55. The number of carbonyl (C=O) groups is 1. The SMILES string of the molecule is O=C(OCCBr)c1cccc(CCBr)c1. The predicted octanol–water partition coefficient (Wildman–Crippen LogP) is 3.18. The lowest BCUT2D eigenvalue weighted by atomic mass is 10.1. The molecule has 0 fully saturated rings. The zero-order valence-electron chi connectivity index (χ0n) is 8.21. The summed E-state index contributed by atoms with van der Waals surface area (Å²) in [5.41, 5.74) is 1.76. The van der Waals surface area contributed by atoms with Crippen LogP contribution in [0.25, 0.3) is 0 Å². The van der Waals surface area contributed by atoms with Gasteiger partial charge in [-0.05, 0) is 24.1 Å². The molecule has 0 aromatic heterocycles. The van der Waals surface area contributed by atoms with E-state index >= 15 is 0 Å². The zero-order chi connectivity index (χ0) is 11.1. The molecule has 0 aliphatic rings. The largest absolute Gasteiger partial charge is 0.461 e. The summed E-state index contributed by atoms with van der Waals surface area (Å²) in [5.74, 6) is -0.258. The highest BCUT2D eigenvalue weighted by atomic mass is 79.9. The molecule has 0 spiro atoms. The van der Waals surface area contributed by atoms with Crippen molar-refractivity contribution in [2.45, 2.75) is 6.42 Å². The number of halogens is 2. The highest BCUT2D eigenvalue weighted by Gasteiger charge is 2.06. The Labute approximate surface area is 106 Å². The molecule has 0 N–H and O–H groups in total. The smallest absolute Gasteiger partial charge is 0.338 e. The van der Waals surface area contributed by atoms with Crippen LogP contribution < -0.4 is 0 Å². The summed E-state index contributed by atoms with van der Waals surface area (Å²) < 4.78 is 5.01. The number of carbonyl (C=O) groups excluding carboxylic acids is 1. The molecule has 1 aromatic carbocycles. The van der Waals surface area contributed by atoms with Crippen LogP contribution in [0.15, 0.2) is 24.3 Å². The Kier molecular flexibility index (Phi) is 5.95. The van der Waals surface area contributed by atoms with Crippen molar-refractivity contribution in [2.75, 3.05) is 17.3 Å². The summed E-state index contributed by atoms with van der Waals surface area (Å²) in [6, 6.07) is 7.53. The first-order valence-corrected chi connectivity index (χ1v) is 6.90. The van der Waals surface area contributed by atoms with Gasteiger partial charge in [0.15, 0.2) is 0 Å². The monoisotopic (exact) mass is 334 g/mol. The zero-order valence-corrected chi connectivity index (χ0v) is 11.4. The normalized spacial score (nSPS) is 10.0. The van der Waals surface area contributed by atoms with Crippen molar-refractivity contribution in [3.05, 3.63) is 35.4 Å². The van der Waals surface area contributed by atoms with Gasteiger partial charge in [0.1, 0.15) is 6.61 Å². The van der Waals surface area contributed by atoms with Crippen molar-refractivity contribution in [1.82, 2.24) is 0 Å². The third-order valence-corrected chi connectivity index (χ3v) is 2.58. The van der Waals surface area contributed by atoms with Crippen molar-refractivity contribution < 1.29 is 9.53 Å². The number of hydrogen-bond donors (Lipinski definition) is 0. The van der Waals surface area contributed by atoms with E-state index in [1.54, 1.807) is 6.07 Å². The van der Waals surface area contributed by atoms with Crippen molar-refractivity contribution in [2.24, 2.45) is 0 Å². The van der Waals surface area contributed by atoms with Crippen LogP contribution in [0.4, 0.5) is 0 Å². The first kappa shape index (κ1) is 12.7. The van der Waals surface area contributed by atoms with E-state index < -0.39 is 0 Å². The molecular formula is C11H12Br2O2. The fraction of sp³-hybridized carbons (Fsp3) is 0.364. The van der Waals surface area contributed by atoms with Gasteiger partial charge in [-0.3, -0.25) is 0 Å². The average Bonchev–Trinajstić information content (AvgIpc) is 2.27. The summed E-state index contributed by atoms with van der Waals surface area (Å²) in [5, 5.41) is 1.56. The maximum Gasteiger partial charge on any atom is 0.338 e. The molecule has 0 atom stereocenters. The highest BCUT2D eigenvalue weighted by Crippen LogP contribution is 2.08. The van der Waals surface area contributed by atoms with Crippen LogP contribution in [0.2, 0.25) is 0 Å². The van der Waals surface area contributed by atoms with Gasteiger partial charge in [-0.15, -0.1) is 0 Å². The van der Waals surface area contributed by atoms with Crippen LogP contribution >= 0.6 is 31.9 Å². The Morgan fingerprint density at radius 1 is 1.27 bits per heavy atom. The van der Waals surface area contributed by atoms with Crippen LogP contribution in [0.3, 0.4) is 0 Å². The molecule has 0 aliphatic carbocycles.